The molecule has 2 aliphatic carbocycles. The number of allylic oxidation sites excluding steroid dienone is 2. The molecule has 0 aliphatic heterocycles. The minimum Gasteiger partial charge on any atom is -0.295 e. The van der Waals surface area contributed by atoms with Gasteiger partial charge in [0, 0.05) is 32.0 Å². The third-order valence-corrected chi connectivity index (χ3v) is 6.75. The van der Waals surface area contributed by atoms with Crippen LogP contribution in [0.1, 0.15) is 62.3 Å². The highest BCUT2D eigenvalue weighted by Gasteiger charge is 2.39. The van der Waals surface area contributed by atoms with E-state index in [-0.39, 0.29) is 5.78 Å². The SMILES string of the molecule is CC(=O)C1=C(C)c2c(sc3ccccc23)C1C1CCCCC1. The Hall–Kier alpha value is -1.41. The number of Topliss-reactive ketones (excluding diaryl/α,β-unsaturated/α-hetero) is 1. The van der Waals surface area contributed by atoms with E-state index in [1.54, 1.807) is 6.92 Å². The van der Waals surface area contributed by atoms with Gasteiger partial charge in [-0.3, -0.25) is 4.79 Å². The lowest BCUT2D eigenvalue weighted by atomic mass is 9.76. The molecule has 1 aromatic heterocycles. The van der Waals surface area contributed by atoms with Crippen molar-refractivity contribution in [2.75, 3.05) is 0 Å². The first kappa shape index (κ1) is 14.2. The van der Waals surface area contributed by atoms with Gasteiger partial charge in [-0.15, -0.1) is 11.3 Å². The molecule has 114 valence electrons. The van der Waals surface area contributed by atoms with Gasteiger partial charge in [-0.2, -0.15) is 0 Å². The number of rotatable bonds is 2. The fourth-order valence-electron chi connectivity index (χ4n) is 4.57. The van der Waals surface area contributed by atoms with Gasteiger partial charge >= 0.3 is 0 Å². The van der Waals surface area contributed by atoms with Crippen LogP contribution in [0.4, 0.5) is 0 Å². The van der Waals surface area contributed by atoms with E-state index >= 15 is 0 Å². The lowest BCUT2D eigenvalue weighted by molar-refractivity contribution is -0.113. The normalized spacial score (nSPS) is 22.4. The smallest absolute Gasteiger partial charge is 0.156 e. The molecule has 0 radical (unpaired) electrons. The summed E-state index contributed by atoms with van der Waals surface area (Å²) < 4.78 is 1.37. The molecule has 0 spiro atoms. The molecule has 0 amide bonds. The van der Waals surface area contributed by atoms with Gasteiger partial charge in [0.2, 0.25) is 0 Å². The van der Waals surface area contributed by atoms with Gasteiger partial charge in [-0.1, -0.05) is 37.5 Å². The number of benzene rings is 1. The van der Waals surface area contributed by atoms with Crippen molar-refractivity contribution in [1.82, 2.24) is 0 Å². The number of carbonyl (C=O) groups is 1. The number of ketones is 1. The molecule has 0 saturated heterocycles. The van der Waals surface area contributed by atoms with Crippen molar-refractivity contribution in [1.29, 1.82) is 0 Å². The number of fused-ring (bicyclic) bond motifs is 3. The summed E-state index contributed by atoms with van der Waals surface area (Å²) in [5.74, 6) is 1.31. The van der Waals surface area contributed by atoms with E-state index in [2.05, 4.69) is 31.2 Å². The van der Waals surface area contributed by atoms with E-state index in [9.17, 15) is 4.79 Å². The van der Waals surface area contributed by atoms with Gasteiger partial charge in [-0.25, -0.2) is 0 Å². The molecule has 1 fully saturated rings. The molecule has 0 N–H and O–H groups in total. The van der Waals surface area contributed by atoms with Crippen LogP contribution in [0.25, 0.3) is 15.7 Å². The highest BCUT2D eigenvalue weighted by atomic mass is 32.1. The van der Waals surface area contributed by atoms with E-state index in [1.165, 1.54) is 58.2 Å². The molecule has 4 rings (SSSR count). The van der Waals surface area contributed by atoms with Crippen molar-refractivity contribution in [2.45, 2.75) is 51.9 Å². The molecule has 1 atom stereocenters. The Morgan fingerprint density at radius 3 is 2.59 bits per heavy atom. The largest absolute Gasteiger partial charge is 0.295 e. The summed E-state index contributed by atoms with van der Waals surface area (Å²) in [5.41, 5.74) is 3.73. The van der Waals surface area contributed by atoms with Crippen LogP contribution < -0.4 is 0 Å². The van der Waals surface area contributed by atoms with Gasteiger partial charge in [0.15, 0.2) is 5.78 Å². The van der Waals surface area contributed by atoms with E-state index in [0.717, 1.165) is 5.57 Å². The minimum atomic E-state index is 0.278. The molecular formula is C20H22OS. The highest BCUT2D eigenvalue weighted by molar-refractivity contribution is 7.19. The van der Waals surface area contributed by atoms with E-state index in [1.807, 2.05) is 11.3 Å². The third kappa shape index (κ3) is 2.00. The molecule has 0 bridgehead atoms. The summed E-state index contributed by atoms with van der Waals surface area (Å²) in [6, 6.07) is 8.67. The van der Waals surface area contributed by atoms with Gasteiger partial charge in [-0.05, 0) is 44.2 Å². The van der Waals surface area contributed by atoms with E-state index in [4.69, 9.17) is 0 Å². The van der Waals surface area contributed by atoms with Crippen molar-refractivity contribution in [3.8, 4) is 0 Å². The van der Waals surface area contributed by atoms with Crippen LogP contribution in [0.15, 0.2) is 29.8 Å². The topological polar surface area (TPSA) is 17.1 Å². The van der Waals surface area contributed by atoms with Gasteiger partial charge in [0.1, 0.15) is 0 Å². The van der Waals surface area contributed by atoms with E-state index < -0.39 is 0 Å². The zero-order chi connectivity index (χ0) is 15.3. The molecule has 1 unspecified atom stereocenters. The zero-order valence-corrected chi connectivity index (χ0v) is 14.1. The van der Waals surface area contributed by atoms with Crippen molar-refractivity contribution < 1.29 is 4.79 Å². The highest BCUT2D eigenvalue weighted by Crippen LogP contribution is 2.54. The first-order valence-corrected chi connectivity index (χ1v) is 9.23. The fraction of sp³-hybridized carbons (Fsp3) is 0.450. The first-order valence-electron chi connectivity index (χ1n) is 8.42. The third-order valence-electron chi connectivity index (χ3n) is 5.50. The molecule has 2 heteroatoms. The first-order chi connectivity index (χ1) is 10.7. The van der Waals surface area contributed by atoms with Crippen molar-refractivity contribution in [3.63, 3.8) is 0 Å². The summed E-state index contributed by atoms with van der Waals surface area (Å²) in [5, 5.41) is 1.34. The molecule has 2 aliphatic rings. The second-order valence-corrected chi connectivity index (χ2v) is 7.89. The molecule has 2 aromatic rings. The van der Waals surface area contributed by atoms with Crippen molar-refractivity contribution in [2.24, 2.45) is 5.92 Å². The van der Waals surface area contributed by atoms with Crippen LogP contribution >= 0.6 is 11.3 Å². The predicted molar refractivity (Wildman–Crippen MR) is 94.4 cm³/mol. The average molecular weight is 310 g/mol. The Bertz CT molecular complexity index is 774. The Morgan fingerprint density at radius 2 is 1.86 bits per heavy atom. The summed E-state index contributed by atoms with van der Waals surface area (Å²) in [6.45, 7) is 3.92. The Balaban J connectivity index is 1.92. The Labute approximate surface area is 136 Å². The molecule has 1 nitrogen and oxygen atoms in total. The second-order valence-electron chi connectivity index (χ2n) is 6.81. The minimum absolute atomic E-state index is 0.278. The standard InChI is InChI=1S/C20H22OS/c1-12-17(13(2)21)19(14-8-4-3-5-9-14)20-18(12)15-10-6-7-11-16(15)22-20/h6-7,10-11,14,19H,3-5,8-9H2,1-2H3. The summed E-state index contributed by atoms with van der Waals surface area (Å²) in [7, 11) is 0. The van der Waals surface area contributed by atoms with Crippen LogP contribution in [0.2, 0.25) is 0 Å². The fourth-order valence-corrected chi connectivity index (χ4v) is 6.04. The van der Waals surface area contributed by atoms with Gasteiger partial charge in [0.25, 0.3) is 0 Å². The number of thiophene rings is 1. The lowest BCUT2D eigenvalue weighted by Crippen LogP contribution is -2.18. The lowest BCUT2D eigenvalue weighted by Gasteiger charge is -2.29. The Kier molecular flexibility index (Phi) is 3.45. The van der Waals surface area contributed by atoms with Crippen LogP contribution in [0, 0.1) is 5.92 Å². The van der Waals surface area contributed by atoms with E-state index in [0.29, 0.717) is 11.8 Å². The number of carbonyl (C=O) groups excluding carboxylic acids is 1. The monoisotopic (exact) mass is 310 g/mol. The predicted octanol–water partition coefficient (Wildman–Crippen LogP) is 5.94. The molecule has 22 heavy (non-hydrogen) atoms. The summed E-state index contributed by atoms with van der Waals surface area (Å²) in [4.78, 5) is 13.8. The Morgan fingerprint density at radius 1 is 1.14 bits per heavy atom. The maximum atomic E-state index is 12.4. The summed E-state index contributed by atoms with van der Waals surface area (Å²) >= 11 is 1.92. The molecule has 1 aromatic carbocycles. The maximum absolute atomic E-state index is 12.4. The number of hydrogen-bond donors (Lipinski definition) is 0. The summed E-state index contributed by atoms with van der Waals surface area (Å²) in [6.07, 6.45) is 6.57. The molecular weight excluding hydrogens is 288 g/mol. The number of hydrogen-bond acceptors (Lipinski definition) is 2. The van der Waals surface area contributed by atoms with Gasteiger partial charge in [0.05, 0.1) is 0 Å². The van der Waals surface area contributed by atoms with Crippen molar-refractivity contribution >= 4 is 32.8 Å². The van der Waals surface area contributed by atoms with Crippen LogP contribution in [-0.2, 0) is 4.79 Å². The molecule has 1 saturated carbocycles. The molecule has 1 heterocycles. The van der Waals surface area contributed by atoms with Crippen molar-refractivity contribution in [3.05, 3.63) is 40.3 Å². The van der Waals surface area contributed by atoms with Crippen LogP contribution in [0.3, 0.4) is 0 Å². The zero-order valence-electron chi connectivity index (χ0n) is 13.3. The maximum Gasteiger partial charge on any atom is 0.156 e. The van der Waals surface area contributed by atoms with Crippen LogP contribution in [0.5, 0.6) is 0 Å². The van der Waals surface area contributed by atoms with Crippen LogP contribution in [-0.4, -0.2) is 5.78 Å². The quantitative estimate of drug-likeness (QED) is 0.670. The average Bonchev–Trinajstić information content (AvgIpc) is 3.03. The second kappa shape index (κ2) is 5.34. The van der Waals surface area contributed by atoms with Gasteiger partial charge < -0.3 is 0 Å².